The molecule has 0 aliphatic carbocycles. The molecule has 0 aromatic heterocycles. The molecule has 0 aromatic rings. The Morgan fingerprint density at radius 3 is 0.857 bits per heavy atom. The zero-order valence-electron chi connectivity index (χ0n) is 8.27. The highest BCUT2D eigenvalue weighted by Crippen LogP contribution is 2.53. The molecule has 6 heteroatoms. The Morgan fingerprint density at radius 2 is 0.786 bits per heavy atom. The summed E-state index contributed by atoms with van der Waals surface area (Å²) >= 11 is 2.70. The molecule has 0 unspecified atom stereocenters. The molecule has 0 radical (unpaired) electrons. The lowest BCUT2D eigenvalue weighted by Gasteiger charge is -2.40. The minimum absolute atomic E-state index is 1.10. The van der Waals surface area contributed by atoms with Crippen molar-refractivity contribution in [2.24, 2.45) is 0 Å². The Kier molecular flexibility index (Phi) is 4.21. The third-order valence-corrected chi connectivity index (χ3v) is 3.24. The normalized spacial score (nSPS) is 15.9. The lowest BCUT2D eigenvalue weighted by Crippen LogP contribution is -2.59. The van der Waals surface area contributed by atoms with Crippen molar-refractivity contribution < 1.29 is 17.6 Å². The molecular weight excluding hydrogens is 426 g/mol. The van der Waals surface area contributed by atoms with Crippen molar-refractivity contribution in [1.29, 1.82) is 0 Å². The molecule has 14 heavy (non-hydrogen) atoms. The molecule has 86 valence electrons. The molecule has 0 fully saturated rings. The summed E-state index contributed by atoms with van der Waals surface area (Å²) in [7, 11) is 0. The molecule has 0 amide bonds. The van der Waals surface area contributed by atoms with Gasteiger partial charge in [0, 0.05) is 0 Å². The van der Waals surface area contributed by atoms with E-state index in [4.69, 9.17) is 0 Å². The molecule has 0 aliphatic heterocycles. The zero-order chi connectivity index (χ0) is 12.0. The summed E-state index contributed by atoms with van der Waals surface area (Å²) in [6.07, 6.45) is 0. The fourth-order valence-electron chi connectivity index (χ4n) is 0.747. The molecule has 0 saturated carbocycles. The van der Waals surface area contributed by atoms with Gasteiger partial charge in [-0.2, -0.15) is 17.6 Å². The summed E-state index contributed by atoms with van der Waals surface area (Å²) in [6.45, 7) is 4.40. The smallest absolute Gasteiger partial charge is 0.198 e. The first kappa shape index (κ1) is 15.2. The Labute approximate surface area is 108 Å². The molecule has 0 spiro atoms. The number of hydrogen-bond donors (Lipinski definition) is 0. The first-order chi connectivity index (χ1) is 5.75. The summed E-state index contributed by atoms with van der Waals surface area (Å²) in [6, 6.07) is 0. The predicted octanol–water partition coefficient (Wildman–Crippen LogP) is 4.68. The molecular formula is C8H12F4I2. The summed E-state index contributed by atoms with van der Waals surface area (Å²) in [4.78, 5) is 0. The summed E-state index contributed by atoms with van der Waals surface area (Å²) < 4.78 is 50.2. The van der Waals surface area contributed by atoms with Crippen LogP contribution in [0.5, 0.6) is 0 Å². The van der Waals surface area contributed by atoms with Crippen LogP contribution in [0.2, 0.25) is 0 Å². The van der Waals surface area contributed by atoms with E-state index < -0.39 is 18.7 Å². The van der Waals surface area contributed by atoms with E-state index in [0.29, 0.717) is 0 Å². The van der Waals surface area contributed by atoms with E-state index in [1.807, 2.05) is 0 Å². The van der Waals surface area contributed by atoms with Gasteiger partial charge in [0.25, 0.3) is 0 Å². The predicted molar refractivity (Wildman–Crippen MR) is 66.1 cm³/mol. The average Bonchev–Trinajstić information content (AvgIpc) is 1.81. The van der Waals surface area contributed by atoms with Crippen LogP contribution >= 0.6 is 45.2 Å². The van der Waals surface area contributed by atoms with Crippen molar-refractivity contribution in [3.63, 3.8) is 0 Å². The highest BCUT2D eigenvalue weighted by atomic mass is 127. The van der Waals surface area contributed by atoms with Gasteiger partial charge in [-0.25, -0.2) is 0 Å². The highest BCUT2D eigenvalue weighted by molar-refractivity contribution is 14.1. The number of rotatable bonds is 3. The van der Waals surface area contributed by atoms with E-state index in [1.54, 1.807) is 0 Å². The van der Waals surface area contributed by atoms with Crippen molar-refractivity contribution in [2.75, 3.05) is 0 Å². The maximum absolute atomic E-state index is 13.4. The van der Waals surface area contributed by atoms with Gasteiger partial charge in [0.1, 0.15) is 0 Å². The van der Waals surface area contributed by atoms with Crippen LogP contribution in [0.4, 0.5) is 17.6 Å². The topological polar surface area (TPSA) is 0 Å². The van der Waals surface area contributed by atoms with Crippen LogP contribution in [-0.4, -0.2) is 18.7 Å². The second-order valence-electron chi connectivity index (χ2n) is 4.09. The lowest BCUT2D eigenvalue weighted by atomic mass is 9.91. The van der Waals surface area contributed by atoms with Gasteiger partial charge < -0.3 is 0 Å². The maximum Gasteiger partial charge on any atom is 0.325 e. The quantitative estimate of drug-likeness (QED) is 0.341. The molecule has 0 heterocycles. The van der Waals surface area contributed by atoms with Crippen molar-refractivity contribution >= 4 is 45.2 Å². The minimum Gasteiger partial charge on any atom is -0.198 e. The van der Waals surface area contributed by atoms with Gasteiger partial charge in [0.2, 0.25) is 0 Å². The first-order valence-corrected chi connectivity index (χ1v) is 6.04. The maximum atomic E-state index is 13.4. The van der Waals surface area contributed by atoms with Crippen molar-refractivity contribution in [1.82, 2.24) is 0 Å². The molecule has 0 rings (SSSR count). The molecule has 0 aliphatic rings. The van der Waals surface area contributed by atoms with Crippen LogP contribution in [-0.2, 0) is 0 Å². The van der Waals surface area contributed by atoms with Crippen molar-refractivity contribution in [3.05, 3.63) is 0 Å². The van der Waals surface area contributed by atoms with Crippen LogP contribution in [0, 0.1) is 0 Å². The minimum atomic E-state index is -4.04. The van der Waals surface area contributed by atoms with Gasteiger partial charge >= 0.3 is 11.8 Å². The Morgan fingerprint density at radius 1 is 0.643 bits per heavy atom. The van der Waals surface area contributed by atoms with Gasteiger partial charge in [0.05, 0.1) is 6.84 Å². The van der Waals surface area contributed by atoms with Crippen LogP contribution in [0.25, 0.3) is 0 Å². The second-order valence-corrected chi connectivity index (χ2v) is 9.49. The largest absolute Gasteiger partial charge is 0.325 e. The van der Waals surface area contributed by atoms with E-state index in [1.165, 1.54) is 45.2 Å². The van der Waals surface area contributed by atoms with E-state index in [-0.39, 0.29) is 0 Å². The molecule has 0 N–H and O–H groups in total. The summed E-state index contributed by atoms with van der Waals surface area (Å²) in [5.41, 5.74) is 0. The summed E-state index contributed by atoms with van der Waals surface area (Å²) in [5.74, 6) is -8.07. The lowest BCUT2D eigenvalue weighted by molar-refractivity contribution is -0.228. The van der Waals surface area contributed by atoms with E-state index in [0.717, 1.165) is 27.7 Å². The average molecular weight is 438 g/mol. The van der Waals surface area contributed by atoms with Gasteiger partial charge in [-0.3, -0.25) is 0 Å². The third kappa shape index (κ3) is 2.46. The third-order valence-electron chi connectivity index (χ3n) is 1.89. The Hall–Kier alpha value is 1.18. The van der Waals surface area contributed by atoms with Gasteiger partial charge in [-0.05, 0) is 27.7 Å². The fourth-order valence-corrected chi connectivity index (χ4v) is 1.42. The second kappa shape index (κ2) is 3.89. The van der Waals surface area contributed by atoms with E-state index in [2.05, 4.69) is 0 Å². The van der Waals surface area contributed by atoms with Crippen LogP contribution < -0.4 is 0 Å². The Bertz CT molecular complexity index is 188. The molecule has 0 nitrogen and oxygen atoms in total. The highest BCUT2D eigenvalue weighted by Gasteiger charge is 2.69. The Balaban J connectivity index is 5.30. The molecule has 0 saturated heterocycles. The summed E-state index contributed by atoms with van der Waals surface area (Å²) in [5, 5.41) is 0. The van der Waals surface area contributed by atoms with E-state index >= 15 is 0 Å². The van der Waals surface area contributed by atoms with Crippen LogP contribution in [0.1, 0.15) is 27.7 Å². The van der Waals surface area contributed by atoms with Gasteiger partial charge in [-0.1, -0.05) is 45.2 Å². The molecule has 0 bridgehead atoms. The van der Waals surface area contributed by atoms with Crippen molar-refractivity contribution in [2.45, 2.75) is 46.4 Å². The van der Waals surface area contributed by atoms with Gasteiger partial charge in [0.15, 0.2) is 0 Å². The molecule has 0 atom stereocenters. The number of hydrogen-bond acceptors (Lipinski definition) is 0. The van der Waals surface area contributed by atoms with Crippen molar-refractivity contribution in [3.8, 4) is 0 Å². The van der Waals surface area contributed by atoms with Crippen LogP contribution in [0.3, 0.4) is 0 Å². The van der Waals surface area contributed by atoms with E-state index in [9.17, 15) is 17.6 Å². The number of halogens is 6. The fraction of sp³-hybridized carbons (Fsp3) is 1.00. The monoisotopic (exact) mass is 438 g/mol. The SMILES string of the molecule is CC(C)(I)C(F)(F)C(F)(F)C(C)(C)I. The van der Waals surface area contributed by atoms with Crippen LogP contribution in [0.15, 0.2) is 0 Å². The standard InChI is InChI=1S/C8H12F4I2/c1-5(2,13)7(9,10)8(11,12)6(3,4)14/h1-4H3. The molecule has 0 aromatic carbocycles. The number of alkyl halides is 6. The van der Waals surface area contributed by atoms with Gasteiger partial charge in [-0.15, -0.1) is 0 Å². The first-order valence-electron chi connectivity index (χ1n) is 3.88. The zero-order valence-corrected chi connectivity index (χ0v) is 12.6.